The first-order chi connectivity index (χ1) is 17.1. The van der Waals surface area contributed by atoms with Crippen molar-refractivity contribution in [1.82, 2.24) is 10.4 Å². The lowest BCUT2D eigenvalue weighted by atomic mass is 10.1. The number of hydrazone groups is 1. The first kappa shape index (κ1) is 24.2. The van der Waals surface area contributed by atoms with Crippen LogP contribution in [0, 0.1) is 6.92 Å². The van der Waals surface area contributed by atoms with Gasteiger partial charge in [-0.3, -0.25) is 4.79 Å². The summed E-state index contributed by atoms with van der Waals surface area (Å²) >= 11 is 1.54. The van der Waals surface area contributed by atoms with E-state index in [2.05, 4.69) is 70.8 Å². The van der Waals surface area contributed by atoms with Crippen molar-refractivity contribution in [2.75, 3.05) is 23.3 Å². The van der Waals surface area contributed by atoms with Gasteiger partial charge in [0.25, 0.3) is 5.91 Å². The fraction of sp³-hybridized carbons (Fsp3) is 0.179. The molecule has 0 radical (unpaired) electrons. The second-order valence-electron chi connectivity index (χ2n) is 8.07. The molecule has 0 aliphatic heterocycles. The summed E-state index contributed by atoms with van der Waals surface area (Å²) in [4.78, 5) is 19.4. The van der Waals surface area contributed by atoms with Crippen molar-refractivity contribution in [2.24, 2.45) is 5.10 Å². The summed E-state index contributed by atoms with van der Waals surface area (Å²) in [7, 11) is 0. The molecule has 0 saturated heterocycles. The molecule has 4 rings (SSSR count). The number of nitrogens with zero attached hydrogens (tertiary/aromatic N) is 3. The number of aromatic nitrogens is 1. The molecular formula is C28H29N5OS. The monoisotopic (exact) mass is 483 g/mol. The average molecular weight is 484 g/mol. The Morgan fingerprint density at radius 1 is 0.971 bits per heavy atom. The van der Waals surface area contributed by atoms with E-state index in [1.54, 1.807) is 29.7 Å². The van der Waals surface area contributed by atoms with Crippen LogP contribution in [0.15, 0.2) is 83.3 Å². The number of anilines is 3. The first-order valence-electron chi connectivity index (χ1n) is 11.6. The van der Waals surface area contributed by atoms with Crippen LogP contribution in [0.3, 0.4) is 0 Å². The van der Waals surface area contributed by atoms with Gasteiger partial charge in [-0.25, -0.2) is 10.4 Å². The zero-order chi connectivity index (χ0) is 24.6. The van der Waals surface area contributed by atoms with E-state index in [0.717, 1.165) is 40.7 Å². The molecule has 3 aromatic carbocycles. The molecule has 6 nitrogen and oxygen atoms in total. The molecule has 0 aliphatic carbocycles. The van der Waals surface area contributed by atoms with Crippen LogP contribution in [0.5, 0.6) is 0 Å². The number of amides is 1. The number of hydrogen-bond donors (Lipinski definition) is 2. The van der Waals surface area contributed by atoms with E-state index < -0.39 is 0 Å². The van der Waals surface area contributed by atoms with Gasteiger partial charge < -0.3 is 10.2 Å². The van der Waals surface area contributed by atoms with Crippen LogP contribution >= 0.6 is 11.3 Å². The smallest absolute Gasteiger partial charge is 0.271 e. The van der Waals surface area contributed by atoms with Crippen molar-refractivity contribution in [1.29, 1.82) is 0 Å². The molecule has 0 fully saturated rings. The van der Waals surface area contributed by atoms with Crippen LogP contribution in [0.1, 0.15) is 35.3 Å². The van der Waals surface area contributed by atoms with Gasteiger partial charge in [-0.15, -0.1) is 11.3 Å². The Hall–Kier alpha value is -3.97. The van der Waals surface area contributed by atoms with Crippen molar-refractivity contribution in [3.8, 4) is 11.3 Å². The van der Waals surface area contributed by atoms with Gasteiger partial charge in [0.2, 0.25) is 0 Å². The van der Waals surface area contributed by atoms with E-state index in [1.165, 1.54) is 11.3 Å². The Bertz CT molecular complexity index is 1270. The Morgan fingerprint density at radius 2 is 1.66 bits per heavy atom. The van der Waals surface area contributed by atoms with E-state index in [0.29, 0.717) is 5.56 Å². The molecule has 1 aromatic heterocycles. The molecule has 1 heterocycles. The Morgan fingerprint density at radius 3 is 2.31 bits per heavy atom. The van der Waals surface area contributed by atoms with Crippen molar-refractivity contribution in [3.63, 3.8) is 0 Å². The first-order valence-corrected chi connectivity index (χ1v) is 12.5. The quantitative estimate of drug-likeness (QED) is 0.211. The highest BCUT2D eigenvalue weighted by Crippen LogP contribution is 2.27. The van der Waals surface area contributed by atoms with E-state index in [4.69, 9.17) is 0 Å². The minimum atomic E-state index is -0.257. The minimum Gasteiger partial charge on any atom is -0.372 e. The maximum absolute atomic E-state index is 12.5. The summed E-state index contributed by atoms with van der Waals surface area (Å²) in [5.41, 5.74) is 9.27. The summed E-state index contributed by atoms with van der Waals surface area (Å²) in [6, 6.07) is 23.7. The molecule has 0 aliphatic rings. The highest BCUT2D eigenvalue weighted by Gasteiger charge is 2.08. The van der Waals surface area contributed by atoms with Crippen molar-refractivity contribution < 1.29 is 4.79 Å². The van der Waals surface area contributed by atoms with Gasteiger partial charge in [0.15, 0.2) is 5.13 Å². The second-order valence-corrected chi connectivity index (χ2v) is 8.93. The molecular weight excluding hydrogens is 454 g/mol. The fourth-order valence-electron chi connectivity index (χ4n) is 3.61. The number of aryl methyl sites for hydroxylation is 1. The largest absolute Gasteiger partial charge is 0.372 e. The molecule has 0 saturated carbocycles. The maximum atomic E-state index is 12.5. The summed E-state index contributed by atoms with van der Waals surface area (Å²) in [5.74, 6) is -0.257. The third-order valence-electron chi connectivity index (χ3n) is 5.65. The highest BCUT2D eigenvalue weighted by molar-refractivity contribution is 7.14. The van der Waals surface area contributed by atoms with Crippen LogP contribution in [0.25, 0.3) is 11.3 Å². The summed E-state index contributed by atoms with van der Waals surface area (Å²) < 4.78 is 0. The number of benzene rings is 3. The number of thiazole rings is 1. The van der Waals surface area contributed by atoms with Gasteiger partial charge in [0, 0.05) is 41.0 Å². The summed E-state index contributed by atoms with van der Waals surface area (Å²) in [6.07, 6.45) is 1.65. The molecule has 178 valence electrons. The normalized spacial score (nSPS) is 10.9. The number of hydrogen-bond acceptors (Lipinski definition) is 6. The van der Waals surface area contributed by atoms with Crippen LogP contribution in [0.4, 0.5) is 16.5 Å². The number of carbonyl (C=O) groups excluding carboxylic acids is 1. The molecule has 0 atom stereocenters. The molecule has 0 spiro atoms. The van der Waals surface area contributed by atoms with Crippen LogP contribution in [0.2, 0.25) is 0 Å². The molecule has 7 heteroatoms. The lowest BCUT2D eigenvalue weighted by molar-refractivity contribution is 0.0955. The predicted molar refractivity (Wildman–Crippen MR) is 147 cm³/mol. The van der Waals surface area contributed by atoms with Crippen molar-refractivity contribution in [3.05, 3.63) is 94.9 Å². The Balaban J connectivity index is 1.33. The SMILES string of the molecule is CCN(CC)c1ccc(/C=N\NC(=O)c2ccc(-c3csc(Nc4ccc(C)cc4)n3)cc2)cc1. The Labute approximate surface area is 210 Å². The van der Waals surface area contributed by atoms with Crippen molar-refractivity contribution >= 4 is 40.0 Å². The van der Waals surface area contributed by atoms with Crippen LogP contribution < -0.4 is 15.6 Å². The summed E-state index contributed by atoms with van der Waals surface area (Å²) in [5, 5.41) is 10.3. The molecule has 1 amide bonds. The third-order valence-corrected chi connectivity index (χ3v) is 6.41. The lowest BCUT2D eigenvalue weighted by Crippen LogP contribution is -2.21. The van der Waals surface area contributed by atoms with Gasteiger partial charge in [0.1, 0.15) is 0 Å². The maximum Gasteiger partial charge on any atom is 0.271 e. The highest BCUT2D eigenvalue weighted by atomic mass is 32.1. The van der Waals surface area contributed by atoms with Crippen molar-refractivity contribution in [2.45, 2.75) is 20.8 Å². The van der Waals surface area contributed by atoms with E-state index in [9.17, 15) is 4.79 Å². The average Bonchev–Trinajstić information content (AvgIpc) is 3.35. The molecule has 2 N–H and O–H groups in total. The van der Waals surface area contributed by atoms with Crippen LogP contribution in [-0.2, 0) is 0 Å². The van der Waals surface area contributed by atoms with E-state index >= 15 is 0 Å². The molecule has 0 bridgehead atoms. The molecule has 0 unspecified atom stereocenters. The second kappa shape index (κ2) is 11.4. The van der Waals surface area contributed by atoms with E-state index in [-0.39, 0.29) is 5.91 Å². The number of rotatable bonds is 9. The van der Waals surface area contributed by atoms with Crippen LogP contribution in [-0.4, -0.2) is 30.2 Å². The summed E-state index contributed by atoms with van der Waals surface area (Å²) in [6.45, 7) is 8.27. The lowest BCUT2D eigenvalue weighted by Gasteiger charge is -2.20. The van der Waals surface area contributed by atoms with Gasteiger partial charge in [-0.05, 0) is 62.7 Å². The zero-order valence-electron chi connectivity index (χ0n) is 20.2. The van der Waals surface area contributed by atoms with Gasteiger partial charge in [0.05, 0.1) is 11.9 Å². The molecule has 35 heavy (non-hydrogen) atoms. The van der Waals surface area contributed by atoms with Gasteiger partial charge in [-0.1, -0.05) is 42.0 Å². The fourth-order valence-corrected chi connectivity index (χ4v) is 4.35. The molecule has 4 aromatic rings. The predicted octanol–water partition coefficient (Wildman–Crippen LogP) is 6.47. The topological polar surface area (TPSA) is 69.6 Å². The van der Waals surface area contributed by atoms with Gasteiger partial charge >= 0.3 is 0 Å². The van der Waals surface area contributed by atoms with Gasteiger partial charge in [-0.2, -0.15) is 5.10 Å². The zero-order valence-corrected chi connectivity index (χ0v) is 21.0. The van der Waals surface area contributed by atoms with E-state index in [1.807, 2.05) is 41.8 Å². The Kier molecular flexibility index (Phi) is 7.90. The number of nitrogens with one attached hydrogen (secondary N) is 2. The number of carbonyl (C=O) groups is 1. The third kappa shape index (κ3) is 6.33. The minimum absolute atomic E-state index is 0.257. The standard InChI is InChI=1S/C28H29N5OS/c1-4-33(5-2)25-16-8-21(9-17-25)18-29-32-27(34)23-12-10-22(11-13-23)26-19-35-28(31-26)30-24-14-6-20(3)7-15-24/h6-19H,4-5H2,1-3H3,(H,30,31)(H,32,34)/b29-18-.